The highest BCUT2D eigenvalue weighted by molar-refractivity contribution is 6.52. The van der Waals surface area contributed by atoms with Crippen LogP contribution in [0.25, 0.3) is 5.76 Å². The fourth-order valence-corrected chi connectivity index (χ4v) is 4.53. The van der Waals surface area contributed by atoms with Gasteiger partial charge < -0.3 is 19.3 Å². The van der Waals surface area contributed by atoms with Crippen LogP contribution >= 0.6 is 11.6 Å². The predicted octanol–water partition coefficient (Wildman–Crippen LogP) is 6.08. The molecule has 3 aromatic carbocycles. The third-order valence-electron chi connectivity index (χ3n) is 6.27. The minimum absolute atomic E-state index is 0.0428. The number of halogens is 1. The van der Waals surface area contributed by atoms with Gasteiger partial charge in [-0.05, 0) is 73.0 Å². The van der Waals surface area contributed by atoms with Gasteiger partial charge in [0.05, 0.1) is 32.4 Å². The Morgan fingerprint density at radius 3 is 2.35 bits per heavy atom. The summed E-state index contributed by atoms with van der Waals surface area (Å²) in [7, 11) is 3.02. The number of hydrogen-bond donors (Lipinski definition) is 1. The molecule has 1 aliphatic heterocycles. The minimum atomic E-state index is -0.937. The number of aliphatic hydroxyl groups is 1. The van der Waals surface area contributed by atoms with Crippen molar-refractivity contribution in [3.05, 3.63) is 87.9 Å². The van der Waals surface area contributed by atoms with E-state index in [0.29, 0.717) is 51.3 Å². The van der Waals surface area contributed by atoms with E-state index in [2.05, 4.69) is 0 Å². The van der Waals surface area contributed by atoms with Gasteiger partial charge in [0.25, 0.3) is 11.7 Å². The largest absolute Gasteiger partial charge is 0.507 e. The fourth-order valence-electron chi connectivity index (χ4n) is 4.36. The quantitative estimate of drug-likeness (QED) is 0.220. The van der Waals surface area contributed by atoms with Crippen molar-refractivity contribution in [3.63, 3.8) is 0 Å². The second kappa shape index (κ2) is 11.0. The number of benzene rings is 3. The zero-order valence-corrected chi connectivity index (χ0v) is 21.8. The van der Waals surface area contributed by atoms with E-state index in [1.807, 2.05) is 6.92 Å². The van der Waals surface area contributed by atoms with Crippen molar-refractivity contribution >= 4 is 34.7 Å². The molecule has 3 aromatic rings. The maximum Gasteiger partial charge on any atom is 0.300 e. The van der Waals surface area contributed by atoms with Crippen LogP contribution < -0.4 is 19.1 Å². The molecule has 1 fully saturated rings. The summed E-state index contributed by atoms with van der Waals surface area (Å²) >= 11 is 6.37. The SMILES string of the molecule is CCCOc1ccc(/C(O)=C2\C(=O)C(=O)N(c3cccc(Cl)c3C)C2c2ccc(OC)c(OC)c2)cc1. The number of nitrogens with zero attached hydrogens (tertiary/aromatic N) is 1. The summed E-state index contributed by atoms with van der Waals surface area (Å²) in [5.74, 6) is -0.305. The first-order valence-electron chi connectivity index (χ1n) is 11.8. The van der Waals surface area contributed by atoms with Crippen LogP contribution in [-0.4, -0.2) is 37.6 Å². The van der Waals surface area contributed by atoms with Crippen molar-refractivity contribution in [1.29, 1.82) is 0 Å². The Kier molecular flexibility index (Phi) is 7.74. The molecule has 1 atom stereocenters. The Hall–Kier alpha value is -3.97. The first kappa shape index (κ1) is 26.1. The van der Waals surface area contributed by atoms with Gasteiger partial charge in [0.15, 0.2) is 11.5 Å². The van der Waals surface area contributed by atoms with Gasteiger partial charge in [-0.25, -0.2) is 0 Å². The molecule has 0 bridgehead atoms. The van der Waals surface area contributed by atoms with Crippen LogP contribution in [-0.2, 0) is 9.59 Å². The highest BCUT2D eigenvalue weighted by Crippen LogP contribution is 2.45. The first-order chi connectivity index (χ1) is 17.8. The van der Waals surface area contributed by atoms with Gasteiger partial charge in [-0.1, -0.05) is 30.7 Å². The van der Waals surface area contributed by atoms with Crippen molar-refractivity contribution in [2.75, 3.05) is 25.7 Å². The highest BCUT2D eigenvalue weighted by Gasteiger charge is 2.47. The van der Waals surface area contributed by atoms with Crippen LogP contribution in [0.2, 0.25) is 5.02 Å². The fraction of sp³-hybridized carbons (Fsp3) is 0.241. The average Bonchev–Trinajstić information content (AvgIpc) is 3.18. The highest BCUT2D eigenvalue weighted by atomic mass is 35.5. The van der Waals surface area contributed by atoms with E-state index < -0.39 is 17.7 Å². The Balaban J connectivity index is 1.92. The van der Waals surface area contributed by atoms with Crippen LogP contribution in [0.3, 0.4) is 0 Å². The maximum atomic E-state index is 13.5. The molecule has 7 nitrogen and oxygen atoms in total. The van der Waals surface area contributed by atoms with E-state index in [0.717, 1.165) is 6.42 Å². The molecule has 0 aromatic heterocycles. The van der Waals surface area contributed by atoms with Crippen molar-refractivity contribution in [2.24, 2.45) is 0 Å². The molecule has 1 N–H and O–H groups in total. The molecule has 1 unspecified atom stereocenters. The van der Waals surface area contributed by atoms with Crippen molar-refractivity contribution in [1.82, 2.24) is 0 Å². The van der Waals surface area contributed by atoms with E-state index in [1.54, 1.807) is 67.6 Å². The van der Waals surface area contributed by atoms with E-state index >= 15 is 0 Å². The molecule has 0 spiro atoms. The standard InChI is InChI=1S/C29H28ClNO6/c1-5-15-37-20-12-9-18(10-13-20)27(32)25-26(19-11-14-23(35-3)24(16-19)36-4)31(29(34)28(25)33)22-8-6-7-21(30)17(22)2/h6-14,16,26,32H,5,15H2,1-4H3/b27-25+. The molecule has 37 heavy (non-hydrogen) atoms. The van der Waals surface area contributed by atoms with Crippen molar-refractivity contribution in [3.8, 4) is 17.2 Å². The summed E-state index contributed by atoms with van der Waals surface area (Å²) in [5, 5.41) is 11.8. The molecule has 0 radical (unpaired) electrons. The minimum Gasteiger partial charge on any atom is -0.507 e. The number of hydrogen-bond acceptors (Lipinski definition) is 6. The zero-order valence-electron chi connectivity index (χ0n) is 21.1. The smallest absolute Gasteiger partial charge is 0.300 e. The second-order valence-corrected chi connectivity index (χ2v) is 8.95. The Morgan fingerprint density at radius 2 is 1.70 bits per heavy atom. The number of rotatable bonds is 8. The number of carbonyl (C=O) groups excluding carboxylic acids is 2. The van der Waals surface area contributed by atoms with Gasteiger partial charge in [0, 0.05) is 16.3 Å². The van der Waals surface area contributed by atoms with Crippen molar-refractivity contribution < 1.29 is 28.9 Å². The number of carbonyl (C=O) groups is 2. The molecule has 1 amide bonds. The number of ether oxygens (including phenoxy) is 3. The molecule has 0 saturated carbocycles. The lowest BCUT2D eigenvalue weighted by Crippen LogP contribution is -2.30. The number of amides is 1. The van der Waals surface area contributed by atoms with Gasteiger partial charge in [0.2, 0.25) is 0 Å². The summed E-state index contributed by atoms with van der Waals surface area (Å²) in [5.41, 5.74) is 2.00. The monoisotopic (exact) mass is 521 g/mol. The third kappa shape index (κ3) is 4.87. The average molecular weight is 522 g/mol. The molecule has 1 aliphatic rings. The lowest BCUT2D eigenvalue weighted by atomic mass is 9.94. The molecule has 0 aliphatic carbocycles. The maximum absolute atomic E-state index is 13.5. The van der Waals surface area contributed by atoms with Crippen LogP contribution in [0.1, 0.15) is 36.1 Å². The number of Topliss-reactive ketones (excluding diaryl/α,β-unsaturated/α-hetero) is 1. The lowest BCUT2D eigenvalue weighted by molar-refractivity contribution is -0.132. The summed E-state index contributed by atoms with van der Waals surface area (Å²) in [6.45, 7) is 4.35. The van der Waals surface area contributed by atoms with Gasteiger partial charge in [-0.2, -0.15) is 0 Å². The number of anilines is 1. The van der Waals surface area contributed by atoms with Crippen LogP contribution in [0, 0.1) is 6.92 Å². The van der Waals surface area contributed by atoms with E-state index in [-0.39, 0.29) is 11.3 Å². The van der Waals surface area contributed by atoms with Crippen LogP contribution in [0.5, 0.6) is 17.2 Å². The Morgan fingerprint density at radius 1 is 1.00 bits per heavy atom. The van der Waals surface area contributed by atoms with Gasteiger partial charge in [0.1, 0.15) is 11.5 Å². The summed E-state index contributed by atoms with van der Waals surface area (Å²) in [6.07, 6.45) is 0.861. The van der Waals surface area contributed by atoms with Gasteiger partial charge in [-0.15, -0.1) is 0 Å². The van der Waals surface area contributed by atoms with E-state index in [1.165, 1.54) is 19.1 Å². The first-order valence-corrected chi connectivity index (χ1v) is 12.2. The van der Waals surface area contributed by atoms with Crippen molar-refractivity contribution in [2.45, 2.75) is 26.3 Å². The van der Waals surface area contributed by atoms with Gasteiger partial charge in [-0.3, -0.25) is 14.5 Å². The van der Waals surface area contributed by atoms with Crippen LogP contribution in [0.15, 0.2) is 66.2 Å². The molecular formula is C29H28ClNO6. The zero-order chi connectivity index (χ0) is 26.7. The summed E-state index contributed by atoms with van der Waals surface area (Å²) in [6, 6.07) is 16.1. The molecular weight excluding hydrogens is 494 g/mol. The normalized spacial score (nSPS) is 16.7. The molecule has 4 rings (SSSR count). The van der Waals surface area contributed by atoms with E-state index in [4.69, 9.17) is 25.8 Å². The summed E-state index contributed by atoms with van der Waals surface area (Å²) in [4.78, 5) is 28.3. The number of aliphatic hydroxyl groups excluding tert-OH is 1. The second-order valence-electron chi connectivity index (χ2n) is 8.54. The molecule has 1 heterocycles. The third-order valence-corrected chi connectivity index (χ3v) is 6.68. The summed E-state index contributed by atoms with van der Waals surface area (Å²) < 4.78 is 16.5. The number of methoxy groups -OCH3 is 2. The Labute approximate surface area is 220 Å². The molecule has 1 saturated heterocycles. The topological polar surface area (TPSA) is 85.3 Å². The molecule has 192 valence electrons. The van der Waals surface area contributed by atoms with E-state index in [9.17, 15) is 14.7 Å². The Bertz CT molecular complexity index is 1370. The number of ketones is 1. The lowest BCUT2D eigenvalue weighted by Gasteiger charge is -2.27. The predicted molar refractivity (Wildman–Crippen MR) is 143 cm³/mol. The molecule has 8 heteroatoms. The van der Waals surface area contributed by atoms with Crippen LogP contribution in [0.4, 0.5) is 5.69 Å². The van der Waals surface area contributed by atoms with Gasteiger partial charge >= 0.3 is 0 Å².